The topological polar surface area (TPSA) is 33.2 Å². The summed E-state index contributed by atoms with van der Waals surface area (Å²) < 4.78 is 37.6. The van der Waals surface area contributed by atoms with Crippen LogP contribution in [0, 0.1) is 6.92 Å². The van der Waals surface area contributed by atoms with Crippen molar-refractivity contribution in [1.82, 2.24) is 9.88 Å². The Labute approximate surface area is 142 Å². The maximum atomic E-state index is 12.5. The molecule has 0 radical (unpaired) electrons. The van der Waals surface area contributed by atoms with Gasteiger partial charge in [0.1, 0.15) is 11.6 Å². The first-order valence-electron chi connectivity index (χ1n) is 7.25. The number of rotatable bonds is 6. The van der Waals surface area contributed by atoms with Gasteiger partial charge in [0, 0.05) is 17.5 Å². The van der Waals surface area contributed by atoms with E-state index >= 15 is 0 Å². The highest BCUT2D eigenvalue weighted by Gasteiger charge is 2.32. The predicted molar refractivity (Wildman–Crippen MR) is 88.8 cm³/mol. The molecule has 0 atom stereocenters. The van der Waals surface area contributed by atoms with E-state index in [1.807, 2.05) is 31.2 Å². The molecule has 0 saturated carbocycles. The van der Waals surface area contributed by atoms with Gasteiger partial charge in [-0.15, -0.1) is 17.9 Å². The summed E-state index contributed by atoms with van der Waals surface area (Å²) in [6.07, 6.45) is -3.32. The molecule has 2 rings (SSSR count). The van der Waals surface area contributed by atoms with Crippen LogP contribution in [0.4, 0.5) is 13.2 Å². The Hall–Kier alpha value is -2.15. The molecule has 1 amide bonds. The highest BCUT2D eigenvalue weighted by atomic mass is 32.1. The first-order chi connectivity index (χ1) is 11.3. The number of halogens is 3. The summed E-state index contributed by atoms with van der Waals surface area (Å²) in [4.78, 5) is 17.2. The number of aryl methyl sites for hydroxylation is 1. The number of nitrogens with zero attached hydrogens (tertiary/aromatic N) is 2. The van der Waals surface area contributed by atoms with E-state index in [4.69, 9.17) is 0 Å². The van der Waals surface area contributed by atoms with Crippen LogP contribution < -0.4 is 0 Å². The second-order valence-corrected chi connectivity index (χ2v) is 6.22. The second-order valence-electron chi connectivity index (χ2n) is 5.36. The van der Waals surface area contributed by atoms with Gasteiger partial charge < -0.3 is 4.90 Å². The lowest BCUT2D eigenvalue weighted by atomic mass is 10.2. The lowest BCUT2D eigenvalue weighted by Crippen LogP contribution is -2.39. The molecule has 0 unspecified atom stereocenters. The molecule has 0 bridgehead atoms. The normalized spacial score (nSPS) is 11.3. The van der Waals surface area contributed by atoms with Gasteiger partial charge in [0.25, 0.3) is 0 Å². The lowest BCUT2D eigenvalue weighted by Gasteiger charge is -2.22. The number of aromatic nitrogens is 1. The van der Waals surface area contributed by atoms with Gasteiger partial charge in [0.2, 0.25) is 5.91 Å². The molecule has 1 heterocycles. The van der Waals surface area contributed by atoms with E-state index in [9.17, 15) is 18.0 Å². The minimum absolute atomic E-state index is 0.146. The molecule has 3 nitrogen and oxygen atoms in total. The SMILES string of the molecule is C=CCN(CC(F)(F)F)C(=O)Cc1csc(-c2ccc(C)cc2)n1. The minimum Gasteiger partial charge on any atom is -0.330 e. The van der Waals surface area contributed by atoms with Crippen molar-refractivity contribution >= 4 is 17.2 Å². The number of carbonyl (C=O) groups is 1. The Morgan fingerprint density at radius 1 is 1.33 bits per heavy atom. The second kappa shape index (κ2) is 7.61. The van der Waals surface area contributed by atoms with Crippen LogP contribution in [0.15, 0.2) is 42.3 Å². The molecule has 7 heteroatoms. The molecule has 0 aliphatic carbocycles. The van der Waals surface area contributed by atoms with Crippen molar-refractivity contribution in [2.24, 2.45) is 0 Å². The number of hydrogen-bond donors (Lipinski definition) is 0. The molecular formula is C17H17F3N2OS. The molecule has 0 N–H and O–H groups in total. The minimum atomic E-state index is -4.44. The number of hydrogen-bond acceptors (Lipinski definition) is 3. The van der Waals surface area contributed by atoms with E-state index < -0.39 is 18.6 Å². The number of amides is 1. The fraction of sp³-hybridized carbons (Fsp3) is 0.294. The third kappa shape index (κ3) is 5.19. The maximum absolute atomic E-state index is 12.5. The summed E-state index contributed by atoms with van der Waals surface area (Å²) in [5.41, 5.74) is 2.51. The molecule has 0 fully saturated rings. The summed E-state index contributed by atoms with van der Waals surface area (Å²) in [7, 11) is 0. The maximum Gasteiger partial charge on any atom is 0.406 e. The van der Waals surface area contributed by atoms with E-state index in [0.717, 1.165) is 21.0 Å². The third-order valence-corrected chi connectivity index (χ3v) is 4.20. The summed E-state index contributed by atoms with van der Waals surface area (Å²) in [5, 5.41) is 2.44. The third-order valence-electron chi connectivity index (χ3n) is 3.25. The molecule has 128 valence electrons. The van der Waals surface area contributed by atoms with E-state index in [1.165, 1.54) is 17.4 Å². The van der Waals surface area contributed by atoms with Crippen LogP contribution in [0.1, 0.15) is 11.3 Å². The Morgan fingerprint density at radius 3 is 2.58 bits per heavy atom. The van der Waals surface area contributed by atoms with E-state index in [-0.39, 0.29) is 13.0 Å². The zero-order valence-corrected chi connectivity index (χ0v) is 14.0. The van der Waals surface area contributed by atoms with Gasteiger partial charge in [0.15, 0.2) is 0 Å². The van der Waals surface area contributed by atoms with Gasteiger partial charge in [-0.1, -0.05) is 35.9 Å². The van der Waals surface area contributed by atoms with Crippen molar-refractivity contribution in [2.45, 2.75) is 19.5 Å². The van der Waals surface area contributed by atoms with Gasteiger partial charge in [-0.3, -0.25) is 4.79 Å². The molecule has 24 heavy (non-hydrogen) atoms. The van der Waals surface area contributed by atoms with Gasteiger partial charge in [-0.2, -0.15) is 13.2 Å². The predicted octanol–water partition coefficient (Wildman–Crippen LogP) is 4.24. The lowest BCUT2D eigenvalue weighted by molar-refractivity contribution is -0.159. The first kappa shape index (κ1) is 18.2. The fourth-order valence-electron chi connectivity index (χ4n) is 2.11. The Balaban J connectivity index is 2.08. The Kier molecular flexibility index (Phi) is 5.77. The molecule has 1 aromatic carbocycles. The number of alkyl halides is 3. The van der Waals surface area contributed by atoms with Crippen molar-refractivity contribution in [3.05, 3.63) is 53.6 Å². The monoisotopic (exact) mass is 354 g/mol. The van der Waals surface area contributed by atoms with Crippen molar-refractivity contribution < 1.29 is 18.0 Å². The van der Waals surface area contributed by atoms with Crippen LogP contribution in [0.25, 0.3) is 10.6 Å². The smallest absolute Gasteiger partial charge is 0.330 e. The number of thiazole rings is 1. The zero-order valence-electron chi connectivity index (χ0n) is 13.1. The highest BCUT2D eigenvalue weighted by molar-refractivity contribution is 7.13. The Bertz CT molecular complexity index is 707. The summed E-state index contributed by atoms with van der Waals surface area (Å²) in [5.74, 6) is -0.618. The zero-order chi connectivity index (χ0) is 17.7. The Morgan fingerprint density at radius 2 is 2.00 bits per heavy atom. The van der Waals surface area contributed by atoms with Crippen LogP contribution in [0.2, 0.25) is 0 Å². The van der Waals surface area contributed by atoms with Gasteiger partial charge >= 0.3 is 6.18 Å². The summed E-state index contributed by atoms with van der Waals surface area (Å²) >= 11 is 1.36. The summed E-state index contributed by atoms with van der Waals surface area (Å²) in [6.45, 7) is 3.94. The first-order valence-corrected chi connectivity index (χ1v) is 8.13. The van der Waals surface area contributed by atoms with Crippen LogP contribution >= 0.6 is 11.3 Å². The van der Waals surface area contributed by atoms with Crippen LogP contribution in [0.5, 0.6) is 0 Å². The molecule has 0 aliphatic rings. The van der Waals surface area contributed by atoms with Gasteiger partial charge in [-0.05, 0) is 6.92 Å². The standard InChI is InChI=1S/C17H17F3N2OS/c1-3-8-22(11-17(18,19)20)15(23)9-14-10-24-16(21-14)13-6-4-12(2)5-7-13/h3-7,10H,1,8-9,11H2,2H3. The number of benzene rings is 1. The van der Waals surface area contributed by atoms with Crippen LogP contribution in [-0.4, -0.2) is 35.1 Å². The van der Waals surface area contributed by atoms with Gasteiger partial charge in [0.05, 0.1) is 12.1 Å². The van der Waals surface area contributed by atoms with E-state index in [2.05, 4.69) is 11.6 Å². The highest BCUT2D eigenvalue weighted by Crippen LogP contribution is 2.24. The van der Waals surface area contributed by atoms with Crippen LogP contribution in [0.3, 0.4) is 0 Å². The molecule has 0 saturated heterocycles. The average molecular weight is 354 g/mol. The molecule has 0 spiro atoms. The number of carbonyl (C=O) groups excluding carboxylic acids is 1. The van der Waals surface area contributed by atoms with Crippen molar-refractivity contribution in [3.63, 3.8) is 0 Å². The molecule has 1 aromatic heterocycles. The van der Waals surface area contributed by atoms with Crippen molar-refractivity contribution in [2.75, 3.05) is 13.1 Å². The van der Waals surface area contributed by atoms with Crippen molar-refractivity contribution in [1.29, 1.82) is 0 Å². The van der Waals surface area contributed by atoms with Crippen LogP contribution in [-0.2, 0) is 11.2 Å². The molecule has 2 aromatic rings. The van der Waals surface area contributed by atoms with E-state index in [0.29, 0.717) is 5.69 Å². The quantitative estimate of drug-likeness (QED) is 0.727. The molecule has 0 aliphatic heterocycles. The largest absolute Gasteiger partial charge is 0.406 e. The summed E-state index contributed by atoms with van der Waals surface area (Å²) in [6, 6.07) is 7.76. The fourth-order valence-corrected chi connectivity index (χ4v) is 2.94. The molecular weight excluding hydrogens is 337 g/mol. The average Bonchev–Trinajstić information content (AvgIpc) is 2.94. The van der Waals surface area contributed by atoms with E-state index in [1.54, 1.807) is 5.38 Å². The van der Waals surface area contributed by atoms with Gasteiger partial charge in [-0.25, -0.2) is 4.98 Å². The van der Waals surface area contributed by atoms with Crippen molar-refractivity contribution in [3.8, 4) is 10.6 Å².